The van der Waals surface area contributed by atoms with Gasteiger partial charge in [0.05, 0.1) is 15.6 Å². The second-order valence-corrected chi connectivity index (χ2v) is 11.3. The second-order valence-electron chi connectivity index (χ2n) is 9.22. The van der Waals surface area contributed by atoms with Crippen molar-refractivity contribution in [3.8, 4) is 5.75 Å². The van der Waals surface area contributed by atoms with E-state index < -0.39 is 33.0 Å². The van der Waals surface area contributed by atoms with Gasteiger partial charge in [0, 0.05) is 29.5 Å². The highest BCUT2D eigenvalue weighted by Crippen LogP contribution is 2.51. The minimum absolute atomic E-state index is 0.0115. The van der Waals surface area contributed by atoms with Gasteiger partial charge >= 0.3 is 0 Å². The number of nitrogens with zero attached hydrogens (tertiary/aromatic N) is 1. The van der Waals surface area contributed by atoms with Crippen molar-refractivity contribution in [3.63, 3.8) is 0 Å². The third kappa shape index (κ3) is 4.39. The number of rotatable bonds is 6. The SMILES string of the molecule is Cc1ccc(S(=O)(=O)Nc2cc(Cl)c(O)c([C@@]3(C(=O)Nc4ccccc4)C(=O)N(C)c4ccccc43)c2)cc1. The molecular formula is C29H24ClN3O5S. The van der Waals surface area contributed by atoms with Crippen LogP contribution in [0.3, 0.4) is 0 Å². The second kappa shape index (κ2) is 9.76. The van der Waals surface area contributed by atoms with E-state index in [0.29, 0.717) is 16.9 Å². The first kappa shape index (κ1) is 26.3. The smallest absolute Gasteiger partial charge is 0.261 e. The summed E-state index contributed by atoms with van der Waals surface area (Å²) in [7, 11) is -2.53. The summed E-state index contributed by atoms with van der Waals surface area (Å²) < 4.78 is 28.7. The Kier molecular flexibility index (Phi) is 6.57. The average Bonchev–Trinajstić information content (AvgIpc) is 3.14. The van der Waals surface area contributed by atoms with Crippen molar-refractivity contribution in [1.29, 1.82) is 0 Å². The van der Waals surface area contributed by atoms with Crippen molar-refractivity contribution in [2.45, 2.75) is 17.2 Å². The first-order chi connectivity index (χ1) is 18.6. The fraction of sp³-hybridized carbons (Fsp3) is 0.103. The highest BCUT2D eigenvalue weighted by Gasteiger charge is 2.58. The van der Waals surface area contributed by atoms with Gasteiger partial charge in [0.2, 0.25) is 5.91 Å². The molecule has 0 saturated heterocycles. The van der Waals surface area contributed by atoms with Crippen LogP contribution in [-0.4, -0.2) is 32.4 Å². The Morgan fingerprint density at radius 1 is 0.897 bits per heavy atom. The van der Waals surface area contributed by atoms with Gasteiger partial charge in [-0.3, -0.25) is 14.3 Å². The number of aryl methyl sites for hydroxylation is 1. The van der Waals surface area contributed by atoms with E-state index >= 15 is 0 Å². The largest absolute Gasteiger partial charge is 0.506 e. The lowest BCUT2D eigenvalue weighted by Crippen LogP contribution is -2.49. The molecule has 1 aliphatic rings. The summed E-state index contributed by atoms with van der Waals surface area (Å²) in [4.78, 5) is 29.5. The summed E-state index contributed by atoms with van der Waals surface area (Å²) in [5.74, 6) is -1.89. The summed E-state index contributed by atoms with van der Waals surface area (Å²) in [5, 5.41) is 13.7. The van der Waals surface area contributed by atoms with E-state index in [1.807, 2.05) is 6.92 Å². The van der Waals surface area contributed by atoms with Crippen LogP contribution in [0.2, 0.25) is 5.02 Å². The van der Waals surface area contributed by atoms with E-state index in [4.69, 9.17) is 11.6 Å². The predicted octanol–water partition coefficient (Wildman–Crippen LogP) is 5.06. The molecule has 39 heavy (non-hydrogen) atoms. The molecule has 1 heterocycles. The predicted molar refractivity (Wildman–Crippen MR) is 151 cm³/mol. The third-order valence-corrected chi connectivity index (χ3v) is 8.40. The van der Waals surface area contributed by atoms with Crippen LogP contribution in [0.1, 0.15) is 16.7 Å². The molecule has 0 saturated carbocycles. The molecule has 0 aromatic heterocycles. The molecule has 1 atom stereocenters. The summed E-state index contributed by atoms with van der Waals surface area (Å²) in [6, 6.07) is 24.0. The van der Waals surface area contributed by atoms with E-state index in [-0.39, 0.29) is 21.2 Å². The third-order valence-electron chi connectivity index (χ3n) is 6.72. The monoisotopic (exact) mass is 561 g/mol. The normalized spacial score (nSPS) is 16.6. The molecule has 8 nitrogen and oxygen atoms in total. The number of anilines is 3. The number of likely N-dealkylation sites (N-methyl/N-ethyl adjacent to an activating group) is 1. The van der Waals surface area contributed by atoms with Crippen molar-refractivity contribution in [1.82, 2.24) is 0 Å². The maximum atomic E-state index is 14.1. The minimum Gasteiger partial charge on any atom is -0.506 e. The lowest BCUT2D eigenvalue weighted by Gasteiger charge is -2.29. The Hall–Kier alpha value is -4.34. The molecule has 0 bridgehead atoms. The number of carbonyl (C=O) groups excluding carboxylic acids is 2. The molecule has 0 unspecified atom stereocenters. The molecule has 0 spiro atoms. The number of hydrogen-bond acceptors (Lipinski definition) is 5. The van der Waals surface area contributed by atoms with Gasteiger partial charge in [-0.25, -0.2) is 8.42 Å². The Bertz CT molecular complexity index is 1710. The lowest BCUT2D eigenvalue weighted by atomic mass is 9.73. The van der Waals surface area contributed by atoms with Crippen LogP contribution in [0.4, 0.5) is 17.1 Å². The van der Waals surface area contributed by atoms with Crippen molar-refractivity contribution in [2.24, 2.45) is 0 Å². The van der Waals surface area contributed by atoms with Crippen LogP contribution in [0, 0.1) is 6.92 Å². The number of aromatic hydroxyl groups is 1. The molecule has 4 aromatic carbocycles. The molecule has 3 N–H and O–H groups in total. The van der Waals surface area contributed by atoms with Gasteiger partial charge in [0.15, 0.2) is 5.41 Å². The van der Waals surface area contributed by atoms with E-state index in [1.165, 1.54) is 36.2 Å². The number of nitrogens with one attached hydrogen (secondary N) is 2. The van der Waals surface area contributed by atoms with Gasteiger partial charge in [-0.15, -0.1) is 0 Å². The summed E-state index contributed by atoms with van der Waals surface area (Å²) >= 11 is 6.39. The average molecular weight is 562 g/mol. The lowest BCUT2D eigenvalue weighted by molar-refractivity contribution is -0.130. The van der Waals surface area contributed by atoms with E-state index in [0.717, 1.165) is 5.56 Å². The van der Waals surface area contributed by atoms with Crippen LogP contribution < -0.4 is 14.9 Å². The number of carbonyl (C=O) groups is 2. The van der Waals surface area contributed by atoms with Gasteiger partial charge < -0.3 is 15.3 Å². The number of fused-ring (bicyclic) bond motifs is 1. The fourth-order valence-electron chi connectivity index (χ4n) is 4.78. The number of phenolic OH excluding ortho intramolecular Hbond substituents is 1. The van der Waals surface area contributed by atoms with E-state index in [1.54, 1.807) is 66.7 Å². The molecule has 0 fully saturated rings. The highest BCUT2D eigenvalue weighted by molar-refractivity contribution is 7.92. The summed E-state index contributed by atoms with van der Waals surface area (Å²) in [5.41, 5.74) is -0.156. The van der Waals surface area contributed by atoms with Gasteiger partial charge in [-0.05, 0) is 49.4 Å². The quantitative estimate of drug-likeness (QED) is 0.225. The topological polar surface area (TPSA) is 116 Å². The van der Waals surface area contributed by atoms with Crippen molar-refractivity contribution < 1.29 is 23.1 Å². The molecule has 10 heteroatoms. The molecule has 198 valence electrons. The van der Waals surface area contributed by atoms with E-state index in [9.17, 15) is 23.1 Å². The number of para-hydroxylation sites is 2. The zero-order valence-electron chi connectivity index (χ0n) is 21.0. The molecule has 5 rings (SSSR count). The minimum atomic E-state index is -4.06. The molecule has 1 aliphatic heterocycles. The molecule has 4 aromatic rings. The number of hydrogen-bond donors (Lipinski definition) is 3. The zero-order chi connectivity index (χ0) is 27.9. The summed E-state index contributed by atoms with van der Waals surface area (Å²) in [6.45, 7) is 1.84. The van der Waals surface area contributed by atoms with Gasteiger partial charge in [-0.2, -0.15) is 0 Å². The molecular weight excluding hydrogens is 538 g/mol. The highest BCUT2D eigenvalue weighted by atomic mass is 35.5. The fourth-order valence-corrected chi connectivity index (χ4v) is 6.04. The molecule has 0 radical (unpaired) electrons. The van der Waals surface area contributed by atoms with Crippen LogP contribution in [-0.2, 0) is 25.0 Å². The number of amides is 2. The van der Waals surface area contributed by atoms with Crippen LogP contribution in [0.15, 0.2) is 95.9 Å². The number of halogens is 1. The first-order valence-corrected chi connectivity index (χ1v) is 13.8. The van der Waals surface area contributed by atoms with Crippen LogP contribution >= 0.6 is 11.6 Å². The number of sulfonamides is 1. The van der Waals surface area contributed by atoms with Gasteiger partial charge in [0.25, 0.3) is 15.9 Å². The van der Waals surface area contributed by atoms with Crippen molar-refractivity contribution in [2.75, 3.05) is 22.0 Å². The van der Waals surface area contributed by atoms with Crippen LogP contribution in [0.25, 0.3) is 0 Å². The Morgan fingerprint density at radius 3 is 2.23 bits per heavy atom. The zero-order valence-corrected chi connectivity index (χ0v) is 22.5. The molecule has 2 amide bonds. The first-order valence-electron chi connectivity index (χ1n) is 11.9. The van der Waals surface area contributed by atoms with Crippen molar-refractivity contribution in [3.05, 3.63) is 113 Å². The maximum Gasteiger partial charge on any atom is 0.261 e. The number of benzene rings is 4. The maximum absolute atomic E-state index is 14.1. The Morgan fingerprint density at radius 2 is 1.54 bits per heavy atom. The van der Waals surface area contributed by atoms with Crippen LogP contribution in [0.5, 0.6) is 5.75 Å². The Labute approximate surface area is 230 Å². The van der Waals surface area contributed by atoms with Gasteiger partial charge in [0.1, 0.15) is 5.75 Å². The molecule has 0 aliphatic carbocycles. The summed E-state index contributed by atoms with van der Waals surface area (Å²) in [6.07, 6.45) is 0. The standard InChI is InChI=1S/C29H24ClN3O5S/c1-18-12-14-21(15-13-18)39(37,38)32-20-16-23(26(34)24(30)17-20)29(27(35)31-19-8-4-3-5-9-19)22-10-6-7-11-25(22)33(2)28(29)36/h3-17,32,34H,1-2H3,(H,31,35)/t29-/m0/s1. The number of phenols is 1. The van der Waals surface area contributed by atoms with E-state index in [2.05, 4.69) is 10.0 Å². The van der Waals surface area contributed by atoms with Gasteiger partial charge in [-0.1, -0.05) is 65.7 Å². The van der Waals surface area contributed by atoms with Crippen molar-refractivity contribution >= 4 is 50.5 Å². The Balaban J connectivity index is 1.70.